The van der Waals surface area contributed by atoms with Crippen LogP contribution in [0.2, 0.25) is 5.02 Å². The largest absolute Gasteiger partial charge is 0.416 e. The second kappa shape index (κ2) is 12.9. The highest BCUT2D eigenvalue weighted by molar-refractivity contribution is 6.34. The van der Waals surface area contributed by atoms with Gasteiger partial charge in [0.15, 0.2) is 0 Å². The summed E-state index contributed by atoms with van der Waals surface area (Å²) in [5.41, 5.74) is 0.957. The van der Waals surface area contributed by atoms with E-state index in [1.54, 1.807) is 47.4 Å². The van der Waals surface area contributed by atoms with E-state index in [0.717, 1.165) is 12.1 Å². The van der Waals surface area contributed by atoms with Crippen LogP contribution in [0.15, 0.2) is 66.7 Å². The predicted molar refractivity (Wildman–Crippen MR) is 157 cm³/mol. The maximum absolute atomic E-state index is 13.7. The molecule has 5 rings (SSSR count). The maximum atomic E-state index is 13.7. The van der Waals surface area contributed by atoms with Gasteiger partial charge in [-0.05, 0) is 48.5 Å². The molecule has 3 aromatic carbocycles. The Balaban J connectivity index is 1.31. The first-order valence-corrected chi connectivity index (χ1v) is 14.0. The Labute approximate surface area is 251 Å². The number of hydrogen-bond donors (Lipinski definition) is 2. The lowest BCUT2D eigenvalue weighted by molar-refractivity contribution is -0.137. The topological polar surface area (TPSA) is 94.2 Å². The van der Waals surface area contributed by atoms with Crippen molar-refractivity contribution in [3.63, 3.8) is 0 Å². The molecule has 2 heterocycles. The Kier molecular flexibility index (Phi) is 9.07. The van der Waals surface area contributed by atoms with E-state index in [4.69, 9.17) is 16.3 Å². The summed E-state index contributed by atoms with van der Waals surface area (Å²) in [4.78, 5) is 44.6. The van der Waals surface area contributed by atoms with Crippen LogP contribution in [-0.4, -0.2) is 80.1 Å². The number of carbonyl (C=O) groups excluding carboxylic acids is 3. The third-order valence-corrected chi connectivity index (χ3v) is 7.58. The Bertz CT molecular complexity index is 1510. The summed E-state index contributed by atoms with van der Waals surface area (Å²) in [6, 6.07) is 15.7. The highest BCUT2D eigenvalue weighted by Gasteiger charge is 2.31. The van der Waals surface area contributed by atoms with Crippen LogP contribution in [0.4, 0.5) is 35.0 Å². The summed E-state index contributed by atoms with van der Waals surface area (Å²) in [5.74, 6) is -0.625. The highest BCUT2D eigenvalue weighted by atomic mass is 35.5. The molecule has 0 unspecified atom stereocenters. The number of nitrogens with one attached hydrogen (secondary N) is 2. The van der Waals surface area contributed by atoms with Crippen molar-refractivity contribution in [2.24, 2.45) is 0 Å². The van der Waals surface area contributed by atoms with Crippen molar-refractivity contribution < 1.29 is 32.3 Å². The van der Waals surface area contributed by atoms with Crippen LogP contribution in [0.1, 0.15) is 26.3 Å². The highest BCUT2D eigenvalue weighted by Crippen LogP contribution is 2.31. The van der Waals surface area contributed by atoms with Gasteiger partial charge >= 0.3 is 12.2 Å². The van der Waals surface area contributed by atoms with E-state index in [1.807, 2.05) is 4.90 Å². The van der Waals surface area contributed by atoms with Crippen LogP contribution >= 0.6 is 11.6 Å². The zero-order chi connectivity index (χ0) is 30.6. The number of amides is 4. The fourth-order valence-electron chi connectivity index (χ4n) is 4.97. The van der Waals surface area contributed by atoms with Crippen molar-refractivity contribution in [1.82, 2.24) is 9.80 Å². The minimum absolute atomic E-state index is 0.0510. The molecule has 2 fully saturated rings. The molecule has 3 aromatic rings. The lowest BCUT2D eigenvalue weighted by atomic mass is 10.1. The van der Waals surface area contributed by atoms with Gasteiger partial charge in [-0.3, -0.25) is 9.59 Å². The molecule has 2 aliphatic heterocycles. The minimum atomic E-state index is -4.52. The number of nitrogens with zero attached hydrogens (tertiary/aromatic N) is 3. The number of morpholine rings is 1. The summed E-state index contributed by atoms with van der Waals surface area (Å²) in [7, 11) is 0. The van der Waals surface area contributed by atoms with Gasteiger partial charge < -0.3 is 30.1 Å². The molecule has 226 valence electrons. The van der Waals surface area contributed by atoms with Gasteiger partial charge in [0.2, 0.25) is 0 Å². The lowest BCUT2D eigenvalue weighted by Gasteiger charge is -2.37. The smallest absolute Gasteiger partial charge is 0.378 e. The second-order valence-electron chi connectivity index (χ2n) is 10.1. The number of hydrogen-bond acceptors (Lipinski definition) is 5. The maximum Gasteiger partial charge on any atom is 0.416 e. The number of carbonyl (C=O) groups is 3. The van der Waals surface area contributed by atoms with Crippen LogP contribution in [0.3, 0.4) is 0 Å². The average Bonchev–Trinajstić information content (AvgIpc) is 3.01. The Hall–Kier alpha value is -4.29. The van der Waals surface area contributed by atoms with Crippen LogP contribution in [-0.2, 0) is 10.9 Å². The van der Waals surface area contributed by atoms with Gasteiger partial charge in [-0.15, -0.1) is 0 Å². The molecule has 43 heavy (non-hydrogen) atoms. The van der Waals surface area contributed by atoms with Gasteiger partial charge in [0.05, 0.1) is 34.9 Å². The first-order chi connectivity index (χ1) is 20.6. The SMILES string of the molecule is O=C(Nc1ccc(N2CCN(C(=O)Nc3cccc(C(F)(F)F)c3)CC2)c(C(=O)N2CCOCC2)c1)c1ccccc1Cl. The zero-order valence-corrected chi connectivity index (χ0v) is 23.8. The van der Waals surface area contributed by atoms with Crippen LogP contribution < -0.4 is 15.5 Å². The molecule has 0 aromatic heterocycles. The minimum Gasteiger partial charge on any atom is -0.378 e. The van der Waals surface area contributed by atoms with Gasteiger partial charge in [0.1, 0.15) is 0 Å². The zero-order valence-electron chi connectivity index (χ0n) is 23.0. The van der Waals surface area contributed by atoms with Crippen molar-refractivity contribution in [1.29, 1.82) is 0 Å². The number of benzene rings is 3. The third kappa shape index (κ3) is 7.20. The van der Waals surface area contributed by atoms with E-state index in [0.29, 0.717) is 66.9 Å². The molecule has 2 N–H and O–H groups in total. The van der Waals surface area contributed by atoms with Crippen molar-refractivity contribution in [2.75, 3.05) is 68.0 Å². The van der Waals surface area contributed by atoms with E-state index < -0.39 is 23.7 Å². The van der Waals surface area contributed by atoms with Crippen molar-refractivity contribution in [2.45, 2.75) is 6.18 Å². The van der Waals surface area contributed by atoms with Crippen LogP contribution in [0, 0.1) is 0 Å². The van der Waals surface area contributed by atoms with E-state index in [9.17, 15) is 27.6 Å². The molecule has 13 heteroatoms. The molecule has 2 saturated heterocycles. The number of rotatable bonds is 5. The standard InChI is InChI=1S/C30H29ClF3N5O4/c31-25-7-2-1-6-23(25)27(40)35-22-8-9-26(24(19-22)28(41)38-14-16-43-17-15-38)37-10-12-39(13-11-37)29(42)36-21-5-3-4-20(18-21)30(32,33)34/h1-9,18-19H,10-17H2,(H,35,40)(H,36,42). The molecule has 0 spiro atoms. The normalized spacial score (nSPS) is 15.7. The molecule has 0 bridgehead atoms. The molecule has 2 aliphatic rings. The van der Waals surface area contributed by atoms with E-state index in [1.165, 1.54) is 17.0 Å². The summed E-state index contributed by atoms with van der Waals surface area (Å²) < 4.78 is 44.6. The Morgan fingerprint density at radius 2 is 1.44 bits per heavy atom. The van der Waals surface area contributed by atoms with Gasteiger partial charge in [-0.25, -0.2) is 4.79 Å². The Morgan fingerprint density at radius 1 is 0.744 bits per heavy atom. The number of ether oxygens (including phenoxy) is 1. The molecule has 0 radical (unpaired) electrons. The number of anilines is 3. The van der Waals surface area contributed by atoms with Crippen LogP contribution in [0.25, 0.3) is 0 Å². The van der Waals surface area contributed by atoms with Crippen molar-refractivity contribution in [3.8, 4) is 0 Å². The van der Waals surface area contributed by atoms with Crippen molar-refractivity contribution in [3.05, 3.63) is 88.4 Å². The molecule has 4 amide bonds. The summed E-state index contributed by atoms with van der Waals surface area (Å²) in [5, 5.41) is 5.66. The molecule has 0 saturated carbocycles. The molecule has 0 aliphatic carbocycles. The van der Waals surface area contributed by atoms with E-state index >= 15 is 0 Å². The number of alkyl halides is 3. The molecular formula is C30H29ClF3N5O4. The Morgan fingerprint density at radius 3 is 2.14 bits per heavy atom. The number of halogens is 4. The van der Waals surface area contributed by atoms with Gasteiger partial charge in [-0.1, -0.05) is 29.8 Å². The molecule has 9 nitrogen and oxygen atoms in total. The monoisotopic (exact) mass is 615 g/mol. The van der Waals surface area contributed by atoms with E-state index in [-0.39, 0.29) is 24.7 Å². The first-order valence-electron chi connectivity index (χ1n) is 13.7. The number of urea groups is 1. The summed E-state index contributed by atoms with van der Waals surface area (Å²) in [6.07, 6.45) is -4.52. The van der Waals surface area contributed by atoms with E-state index in [2.05, 4.69) is 10.6 Å². The van der Waals surface area contributed by atoms with Crippen LogP contribution in [0.5, 0.6) is 0 Å². The first kappa shape index (κ1) is 30.2. The fraction of sp³-hybridized carbons (Fsp3) is 0.300. The molecule has 0 atom stereocenters. The summed E-state index contributed by atoms with van der Waals surface area (Å²) >= 11 is 6.18. The predicted octanol–water partition coefficient (Wildman–Crippen LogP) is 5.44. The summed E-state index contributed by atoms with van der Waals surface area (Å²) in [6.45, 7) is 3.01. The lowest BCUT2D eigenvalue weighted by Crippen LogP contribution is -2.50. The average molecular weight is 616 g/mol. The quantitative estimate of drug-likeness (QED) is 0.399. The van der Waals surface area contributed by atoms with Crippen molar-refractivity contribution >= 4 is 46.5 Å². The molecular weight excluding hydrogens is 587 g/mol. The van der Waals surface area contributed by atoms with Gasteiger partial charge in [0, 0.05) is 56.3 Å². The number of piperazine rings is 1. The third-order valence-electron chi connectivity index (χ3n) is 7.25. The van der Waals surface area contributed by atoms with Gasteiger partial charge in [-0.2, -0.15) is 13.2 Å². The fourth-order valence-corrected chi connectivity index (χ4v) is 5.19. The van der Waals surface area contributed by atoms with Gasteiger partial charge in [0.25, 0.3) is 11.8 Å². The second-order valence-corrected chi connectivity index (χ2v) is 10.5.